The van der Waals surface area contributed by atoms with E-state index in [2.05, 4.69) is 0 Å². The number of carboxylic acid groups (broad SMARTS) is 1. The number of hydrogen-bond donors (Lipinski definition) is 1. The van der Waals surface area contributed by atoms with Crippen LogP contribution in [0.25, 0.3) is 0 Å². The van der Waals surface area contributed by atoms with Crippen LogP contribution < -0.4 is 0 Å². The Bertz CT molecular complexity index is 505. The van der Waals surface area contributed by atoms with Crippen molar-refractivity contribution in [2.75, 3.05) is 33.7 Å². The third-order valence-corrected chi connectivity index (χ3v) is 3.30. The summed E-state index contributed by atoms with van der Waals surface area (Å²) in [5, 5.41) is 20.1. The number of aliphatic carboxylic acids is 1. The van der Waals surface area contributed by atoms with Gasteiger partial charge in [0, 0.05) is 30.8 Å². The normalized spacial score (nSPS) is 12.6. The number of benzene rings is 1. The standard InChI is InChI=1S/C14H21N3O4/c1-11(12-6-4-5-7-13(12)17(20)21)16(10-14(18)19)9-8-15(2)3/h4-7,11H,8-10H2,1-3H3,(H,18,19). The molecule has 7 nitrogen and oxygen atoms in total. The van der Waals surface area contributed by atoms with Crippen molar-refractivity contribution in [3.05, 3.63) is 39.9 Å². The van der Waals surface area contributed by atoms with Gasteiger partial charge in [0.25, 0.3) is 5.69 Å². The molecule has 0 heterocycles. The van der Waals surface area contributed by atoms with Crippen LogP contribution in [0.2, 0.25) is 0 Å². The van der Waals surface area contributed by atoms with Crippen molar-refractivity contribution in [2.24, 2.45) is 0 Å². The van der Waals surface area contributed by atoms with Gasteiger partial charge in [-0.15, -0.1) is 0 Å². The van der Waals surface area contributed by atoms with Gasteiger partial charge in [0.05, 0.1) is 11.5 Å². The Morgan fingerprint density at radius 1 is 1.33 bits per heavy atom. The molecular weight excluding hydrogens is 274 g/mol. The minimum atomic E-state index is -0.945. The maximum Gasteiger partial charge on any atom is 0.317 e. The molecule has 21 heavy (non-hydrogen) atoms. The van der Waals surface area contributed by atoms with E-state index in [-0.39, 0.29) is 18.3 Å². The Labute approximate surface area is 123 Å². The smallest absolute Gasteiger partial charge is 0.317 e. The topological polar surface area (TPSA) is 86.9 Å². The fraction of sp³-hybridized carbons (Fsp3) is 0.500. The van der Waals surface area contributed by atoms with Crippen LogP contribution >= 0.6 is 0 Å². The maximum absolute atomic E-state index is 11.1. The van der Waals surface area contributed by atoms with Crippen LogP contribution in [0.15, 0.2) is 24.3 Å². The van der Waals surface area contributed by atoms with E-state index in [1.807, 2.05) is 19.0 Å². The third kappa shape index (κ3) is 5.13. The van der Waals surface area contributed by atoms with Crippen molar-refractivity contribution in [1.82, 2.24) is 9.80 Å². The molecule has 0 radical (unpaired) electrons. The summed E-state index contributed by atoms with van der Waals surface area (Å²) in [6.07, 6.45) is 0. The predicted octanol–water partition coefficient (Wildman–Crippen LogP) is 1.60. The van der Waals surface area contributed by atoms with Gasteiger partial charge in [0.15, 0.2) is 0 Å². The van der Waals surface area contributed by atoms with E-state index in [0.29, 0.717) is 18.7 Å². The highest BCUT2D eigenvalue weighted by molar-refractivity contribution is 5.69. The molecule has 0 aliphatic heterocycles. The molecule has 1 rings (SSSR count). The summed E-state index contributed by atoms with van der Waals surface area (Å²) >= 11 is 0. The zero-order chi connectivity index (χ0) is 16.0. The van der Waals surface area contributed by atoms with Crippen LogP contribution in [0.3, 0.4) is 0 Å². The highest BCUT2D eigenvalue weighted by atomic mass is 16.6. The number of carboxylic acids is 1. The molecule has 0 spiro atoms. The van der Waals surface area contributed by atoms with Crippen LogP contribution in [-0.2, 0) is 4.79 Å². The van der Waals surface area contributed by atoms with E-state index in [9.17, 15) is 14.9 Å². The largest absolute Gasteiger partial charge is 0.480 e. The summed E-state index contributed by atoms with van der Waals surface area (Å²) in [6.45, 7) is 2.84. The predicted molar refractivity (Wildman–Crippen MR) is 79.3 cm³/mol. The number of para-hydroxylation sites is 1. The fourth-order valence-corrected chi connectivity index (χ4v) is 2.12. The second-order valence-corrected chi connectivity index (χ2v) is 5.16. The first-order valence-electron chi connectivity index (χ1n) is 6.66. The molecule has 0 aliphatic carbocycles. The molecule has 0 bridgehead atoms. The lowest BCUT2D eigenvalue weighted by molar-refractivity contribution is -0.386. The summed E-state index contributed by atoms with van der Waals surface area (Å²) in [6, 6.07) is 6.10. The van der Waals surface area contributed by atoms with Gasteiger partial charge >= 0.3 is 5.97 Å². The maximum atomic E-state index is 11.1. The molecular formula is C14H21N3O4. The average molecular weight is 295 g/mol. The summed E-state index contributed by atoms with van der Waals surface area (Å²) in [5.74, 6) is -0.945. The van der Waals surface area contributed by atoms with Crippen molar-refractivity contribution in [3.63, 3.8) is 0 Å². The van der Waals surface area contributed by atoms with Gasteiger partial charge in [0.2, 0.25) is 0 Å². The lowest BCUT2D eigenvalue weighted by Crippen LogP contribution is -2.37. The van der Waals surface area contributed by atoms with Crippen LogP contribution in [0.4, 0.5) is 5.69 Å². The van der Waals surface area contributed by atoms with E-state index in [1.54, 1.807) is 30.0 Å². The number of nitrogens with zero attached hydrogens (tertiary/aromatic N) is 3. The Morgan fingerprint density at radius 2 is 1.95 bits per heavy atom. The van der Waals surface area contributed by atoms with Gasteiger partial charge in [-0.1, -0.05) is 18.2 Å². The molecule has 1 atom stereocenters. The van der Waals surface area contributed by atoms with Gasteiger partial charge in [-0.2, -0.15) is 0 Å². The molecule has 1 unspecified atom stereocenters. The van der Waals surface area contributed by atoms with E-state index in [0.717, 1.165) is 0 Å². The molecule has 0 saturated heterocycles. The van der Waals surface area contributed by atoms with Crippen molar-refractivity contribution < 1.29 is 14.8 Å². The summed E-state index contributed by atoms with van der Waals surface area (Å²) in [4.78, 5) is 25.4. The van der Waals surface area contributed by atoms with Gasteiger partial charge < -0.3 is 10.0 Å². The monoisotopic (exact) mass is 295 g/mol. The molecule has 1 aromatic rings. The average Bonchev–Trinajstić information content (AvgIpc) is 2.42. The van der Waals surface area contributed by atoms with E-state index >= 15 is 0 Å². The number of likely N-dealkylation sites (N-methyl/N-ethyl adjacent to an activating group) is 1. The van der Waals surface area contributed by atoms with Crippen LogP contribution in [0.5, 0.6) is 0 Å². The number of carbonyl (C=O) groups is 1. The first kappa shape index (κ1) is 17.1. The Hall–Kier alpha value is -1.99. The Morgan fingerprint density at radius 3 is 2.48 bits per heavy atom. The quantitative estimate of drug-likeness (QED) is 0.579. The number of hydrogen-bond acceptors (Lipinski definition) is 5. The van der Waals surface area contributed by atoms with Crippen molar-refractivity contribution in [2.45, 2.75) is 13.0 Å². The molecule has 7 heteroatoms. The van der Waals surface area contributed by atoms with E-state index in [1.165, 1.54) is 6.07 Å². The van der Waals surface area contributed by atoms with Crippen molar-refractivity contribution >= 4 is 11.7 Å². The first-order valence-corrected chi connectivity index (χ1v) is 6.66. The van der Waals surface area contributed by atoms with Crippen LogP contribution in [0.1, 0.15) is 18.5 Å². The van der Waals surface area contributed by atoms with Gasteiger partial charge in [0.1, 0.15) is 0 Å². The molecule has 1 aromatic carbocycles. The van der Waals surface area contributed by atoms with Crippen LogP contribution in [-0.4, -0.2) is 59.5 Å². The van der Waals surface area contributed by atoms with Gasteiger partial charge in [-0.25, -0.2) is 0 Å². The molecule has 116 valence electrons. The molecule has 0 aromatic heterocycles. The number of nitro groups is 1. The highest BCUT2D eigenvalue weighted by Gasteiger charge is 2.24. The fourth-order valence-electron chi connectivity index (χ4n) is 2.12. The van der Waals surface area contributed by atoms with Crippen molar-refractivity contribution in [3.8, 4) is 0 Å². The molecule has 0 aliphatic rings. The SMILES string of the molecule is CC(c1ccccc1[N+](=O)[O-])N(CCN(C)C)CC(=O)O. The number of nitro benzene ring substituents is 1. The van der Waals surface area contributed by atoms with Gasteiger partial charge in [-0.05, 0) is 21.0 Å². The van der Waals surface area contributed by atoms with Crippen LogP contribution in [0, 0.1) is 10.1 Å². The molecule has 0 saturated carbocycles. The van der Waals surface area contributed by atoms with E-state index in [4.69, 9.17) is 5.11 Å². The molecule has 1 N–H and O–H groups in total. The number of rotatable bonds is 8. The van der Waals surface area contributed by atoms with Gasteiger partial charge in [-0.3, -0.25) is 19.8 Å². The molecule has 0 amide bonds. The molecule has 0 fully saturated rings. The van der Waals surface area contributed by atoms with Crippen molar-refractivity contribution in [1.29, 1.82) is 0 Å². The summed E-state index contributed by atoms with van der Waals surface area (Å²) in [5.41, 5.74) is 0.549. The third-order valence-electron chi connectivity index (χ3n) is 3.30. The first-order chi connectivity index (χ1) is 9.82. The zero-order valence-electron chi connectivity index (χ0n) is 12.5. The second-order valence-electron chi connectivity index (χ2n) is 5.16. The lowest BCUT2D eigenvalue weighted by Gasteiger charge is -2.28. The zero-order valence-corrected chi connectivity index (χ0v) is 12.5. The Kier molecular flexibility index (Phi) is 6.26. The highest BCUT2D eigenvalue weighted by Crippen LogP contribution is 2.28. The minimum absolute atomic E-state index is 0.0187. The second kappa shape index (κ2) is 7.70. The minimum Gasteiger partial charge on any atom is -0.480 e. The summed E-state index contributed by atoms with van der Waals surface area (Å²) in [7, 11) is 3.79. The lowest BCUT2D eigenvalue weighted by atomic mass is 10.0. The summed E-state index contributed by atoms with van der Waals surface area (Å²) < 4.78 is 0. The van der Waals surface area contributed by atoms with E-state index < -0.39 is 10.9 Å². The Balaban J connectivity index is 3.01.